The second-order valence-corrected chi connectivity index (χ2v) is 6.33. The van der Waals surface area contributed by atoms with Gasteiger partial charge in [-0.2, -0.15) is 0 Å². The first kappa shape index (κ1) is 14.5. The van der Waals surface area contributed by atoms with Crippen LogP contribution in [0.3, 0.4) is 0 Å². The van der Waals surface area contributed by atoms with Crippen molar-refractivity contribution in [3.63, 3.8) is 0 Å². The summed E-state index contributed by atoms with van der Waals surface area (Å²) in [5, 5.41) is 3.38. The predicted octanol–water partition coefficient (Wildman–Crippen LogP) is 1.50. The number of carbonyl (C=O) groups is 1. The van der Waals surface area contributed by atoms with Gasteiger partial charge in [-0.15, -0.1) is 0 Å². The zero-order valence-electron chi connectivity index (χ0n) is 13.1. The van der Waals surface area contributed by atoms with Crippen molar-refractivity contribution in [1.82, 2.24) is 15.1 Å². The number of hydrogen-bond donors (Lipinski definition) is 1. The molecule has 4 nitrogen and oxygen atoms in total. The van der Waals surface area contributed by atoms with Crippen LogP contribution >= 0.6 is 0 Å². The third-order valence-corrected chi connectivity index (χ3v) is 4.68. The summed E-state index contributed by atoms with van der Waals surface area (Å²) in [6.45, 7) is 6.92. The van der Waals surface area contributed by atoms with E-state index in [2.05, 4.69) is 35.2 Å². The summed E-state index contributed by atoms with van der Waals surface area (Å²) in [5.41, 5.74) is 3.46. The summed E-state index contributed by atoms with van der Waals surface area (Å²) in [6.07, 6.45) is 2.02. The van der Waals surface area contributed by atoms with Gasteiger partial charge in [0.05, 0.1) is 0 Å². The molecule has 0 bridgehead atoms. The van der Waals surface area contributed by atoms with Gasteiger partial charge in [0, 0.05) is 31.2 Å². The van der Waals surface area contributed by atoms with Crippen molar-refractivity contribution in [1.29, 1.82) is 0 Å². The lowest BCUT2D eigenvalue weighted by Crippen LogP contribution is -2.42. The van der Waals surface area contributed by atoms with Crippen LogP contribution in [0.1, 0.15) is 34.8 Å². The second-order valence-electron chi connectivity index (χ2n) is 6.33. The van der Waals surface area contributed by atoms with Crippen molar-refractivity contribution in [2.24, 2.45) is 0 Å². The molecule has 0 aromatic heterocycles. The highest BCUT2D eigenvalue weighted by atomic mass is 16.2. The van der Waals surface area contributed by atoms with E-state index in [4.69, 9.17) is 0 Å². The third kappa shape index (κ3) is 2.97. The number of likely N-dealkylation sites (N-methyl/N-ethyl adjacent to an activating group) is 1. The standard InChI is InChI=1S/C17H25N3O/c1-13-12-19(2)9-4-10-20(13)17(21)16-6-3-5-14-11-18-8-7-15(14)16/h3,5-6,13,18H,4,7-12H2,1-2H3. The number of hydrogen-bond acceptors (Lipinski definition) is 3. The molecule has 0 spiro atoms. The first-order chi connectivity index (χ1) is 10.2. The molecule has 1 atom stereocenters. The lowest BCUT2D eigenvalue weighted by atomic mass is 9.94. The summed E-state index contributed by atoms with van der Waals surface area (Å²) >= 11 is 0. The molecule has 3 rings (SSSR count). The molecule has 0 saturated carbocycles. The van der Waals surface area contributed by atoms with Gasteiger partial charge in [-0.3, -0.25) is 4.79 Å². The Morgan fingerprint density at radius 1 is 1.33 bits per heavy atom. The molecular weight excluding hydrogens is 262 g/mol. The molecule has 2 aliphatic heterocycles. The summed E-state index contributed by atoms with van der Waals surface area (Å²) in [5.74, 6) is 0.219. The molecule has 1 aromatic rings. The molecule has 1 amide bonds. The Labute approximate surface area is 127 Å². The summed E-state index contributed by atoms with van der Waals surface area (Å²) in [7, 11) is 2.14. The molecule has 1 N–H and O–H groups in total. The number of amides is 1. The van der Waals surface area contributed by atoms with Gasteiger partial charge in [0.25, 0.3) is 5.91 Å². The molecule has 114 valence electrons. The van der Waals surface area contributed by atoms with Crippen molar-refractivity contribution in [2.75, 3.05) is 33.2 Å². The Bertz CT molecular complexity index is 529. The minimum atomic E-state index is 0.219. The summed E-state index contributed by atoms with van der Waals surface area (Å²) in [4.78, 5) is 17.4. The number of rotatable bonds is 1. The molecule has 0 radical (unpaired) electrons. The van der Waals surface area contributed by atoms with Gasteiger partial charge in [0.15, 0.2) is 0 Å². The predicted molar refractivity (Wildman–Crippen MR) is 84.5 cm³/mol. The van der Waals surface area contributed by atoms with E-state index >= 15 is 0 Å². The normalized spacial score (nSPS) is 23.5. The van der Waals surface area contributed by atoms with Gasteiger partial charge in [0.1, 0.15) is 0 Å². The van der Waals surface area contributed by atoms with Crippen LogP contribution in [0.2, 0.25) is 0 Å². The first-order valence-corrected chi connectivity index (χ1v) is 7.98. The van der Waals surface area contributed by atoms with E-state index in [0.29, 0.717) is 0 Å². The van der Waals surface area contributed by atoms with Crippen LogP contribution < -0.4 is 5.32 Å². The quantitative estimate of drug-likeness (QED) is 0.850. The number of fused-ring (bicyclic) bond motifs is 1. The maximum atomic E-state index is 13.0. The second kappa shape index (κ2) is 6.16. The molecule has 1 fully saturated rings. The van der Waals surface area contributed by atoms with Crippen LogP contribution in [-0.4, -0.2) is 55.0 Å². The highest BCUT2D eigenvalue weighted by molar-refractivity contribution is 5.96. The fourth-order valence-corrected chi connectivity index (χ4v) is 3.56. The van der Waals surface area contributed by atoms with Gasteiger partial charge in [-0.05, 0) is 57.1 Å². The van der Waals surface area contributed by atoms with Gasteiger partial charge in [-0.25, -0.2) is 0 Å². The van der Waals surface area contributed by atoms with Gasteiger partial charge in [-0.1, -0.05) is 12.1 Å². The van der Waals surface area contributed by atoms with Gasteiger partial charge in [0.2, 0.25) is 0 Å². The monoisotopic (exact) mass is 287 g/mol. The Morgan fingerprint density at radius 3 is 3.05 bits per heavy atom. The number of nitrogens with zero attached hydrogens (tertiary/aromatic N) is 2. The van der Waals surface area contributed by atoms with Crippen molar-refractivity contribution in [3.8, 4) is 0 Å². The van der Waals surface area contributed by atoms with E-state index in [1.807, 2.05) is 12.1 Å². The zero-order chi connectivity index (χ0) is 14.8. The maximum absolute atomic E-state index is 13.0. The number of benzene rings is 1. The minimum Gasteiger partial charge on any atom is -0.335 e. The van der Waals surface area contributed by atoms with Crippen molar-refractivity contribution >= 4 is 5.91 Å². The lowest BCUT2D eigenvalue weighted by Gasteiger charge is -2.30. The Balaban J connectivity index is 1.88. The van der Waals surface area contributed by atoms with E-state index in [1.165, 1.54) is 11.1 Å². The summed E-state index contributed by atoms with van der Waals surface area (Å²) in [6, 6.07) is 6.45. The molecular formula is C17H25N3O. The van der Waals surface area contributed by atoms with Crippen LogP contribution in [0, 0.1) is 0 Å². The Morgan fingerprint density at radius 2 is 2.19 bits per heavy atom. The zero-order valence-corrected chi connectivity index (χ0v) is 13.1. The largest absolute Gasteiger partial charge is 0.335 e. The Kier molecular flexibility index (Phi) is 4.27. The third-order valence-electron chi connectivity index (χ3n) is 4.68. The SMILES string of the molecule is CC1CN(C)CCCN1C(=O)c1cccc2c1CCNC2. The van der Waals surface area contributed by atoms with Crippen LogP contribution in [0.5, 0.6) is 0 Å². The molecule has 2 aliphatic rings. The molecule has 1 aromatic carbocycles. The molecule has 21 heavy (non-hydrogen) atoms. The highest BCUT2D eigenvalue weighted by Gasteiger charge is 2.27. The Hall–Kier alpha value is -1.39. The number of carbonyl (C=O) groups excluding carboxylic acids is 1. The highest BCUT2D eigenvalue weighted by Crippen LogP contribution is 2.22. The molecule has 0 aliphatic carbocycles. The van der Waals surface area contributed by atoms with E-state index < -0.39 is 0 Å². The smallest absolute Gasteiger partial charge is 0.254 e. The van der Waals surface area contributed by atoms with E-state index in [-0.39, 0.29) is 11.9 Å². The van der Waals surface area contributed by atoms with Crippen LogP contribution in [0.4, 0.5) is 0 Å². The average Bonchev–Trinajstić information content (AvgIpc) is 2.66. The maximum Gasteiger partial charge on any atom is 0.254 e. The summed E-state index contributed by atoms with van der Waals surface area (Å²) < 4.78 is 0. The fourth-order valence-electron chi connectivity index (χ4n) is 3.56. The average molecular weight is 287 g/mol. The van der Waals surface area contributed by atoms with Crippen molar-refractivity contribution < 1.29 is 4.79 Å². The van der Waals surface area contributed by atoms with Gasteiger partial charge < -0.3 is 15.1 Å². The van der Waals surface area contributed by atoms with Crippen molar-refractivity contribution in [2.45, 2.75) is 32.4 Å². The fraction of sp³-hybridized carbons (Fsp3) is 0.588. The van der Waals surface area contributed by atoms with E-state index in [1.54, 1.807) is 0 Å². The molecule has 1 unspecified atom stereocenters. The van der Waals surface area contributed by atoms with Gasteiger partial charge >= 0.3 is 0 Å². The molecule has 2 heterocycles. The van der Waals surface area contributed by atoms with Crippen LogP contribution in [-0.2, 0) is 13.0 Å². The van der Waals surface area contributed by atoms with E-state index in [9.17, 15) is 4.79 Å². The van der Waals surface area contributed by atoms with Crippen LogP contribution in [0.15, 0.2) is 18.2 Å². The lowest BCUT2D eigenvalue weighted by molar-refractivity contribution is 0.0695. The van der Waals surface area contributed by atoms with E-state index in [0.717, 1.165) is 51.1 Å². The topological polar surface area (TPSA) is 35.6 Å². The van der Waals surface area contributed by atoms with Crippen LogP contribution in [0.25, 0.3) is 0 Å². The van der Waals surface area contributed by atoms with Crippen molar-refractivity contribution in [3.05, 3.63) is 34.9 Å². The molecule has 4 heteroatoms. The molecule has 1 saturated heterocycles. The minimum absolute atomic E-state index is 0.219. The first-order valence-electron chi connectivity index (χ1n) is 7.98. The number of nitrogens with one attached hydrogen (secondary N) is 1.